The van der Waals surface area contributed by atoms with Gasteiger partial charge in [-0.1, -0.05) is 43.0 Å². The number of hydrogen-bond acceptors (Lipinski definition) is 6. The van der Waals surface area contributed by atoms with Crippen LogP contribution in [0, 0.1) is 11.3 Å². The lowest BCUT2D eigenvalue weighted by Gasteiger charge is -2.31. The smallest absolute Gasteiger partial charge is 0.358 e. The second-order valence-electron chi connectivity index (χ2n) is 6.43. The fraction of sp³-hybridized carbons (Fsp3) is 0.368. The van der Waals surface area contributed by atoms with Gasteiger partial charge in [0.25, 0.3) is 5.91 Å². The zero-order valence-corrected chi connectivity index (χ0v) is 16.1. The molecule has 1 aliphatic rings. The summed E-state index contributed by atoms with van der Waals surface area (Å²) in [7, 11) is 0. The summed E-state index contributed by atoms with van der Waals surface area (Å²) in [4.78, 5) is 28.5. The maximum absolute atomic E-state index is 12.2. The molecule has 6 nitrogen and oxygen atoms in total. The first kappa shape index (κ1) is 19.3. The predicted molar refractivity (Wildman–Crippen MR) is 102 cm³/mol. The van der Waals surface area contributed by atoms with Crippen LogP contribution in [-0.4, -0.2) is 29.0 Å². The number of benzene rings is 1. The molecule has 0 unspecified atom stereocenters. The van der Waals surface area contributed by atoms with E-state index >= 15 is 0 Å². The van der Waals surface area contributed by atoms with Crippen molar-refractivity contribution in [3.63, 3.8) is 0 Å². The molecule has 8 heteroatoms. The number of halogens is 1. The highest BCUT2D eigenvalue weighted by molar-refractivity contribution is 7.13. The van der Waals surface area contributed by atoms with Crippen LogP contribution < -0.4 is 5.32 Å². The molecule has 0 saturated heterocycles. The standard InChI is InChI=1S/C19H18ClN3O3S/c20-14-6-4-5-13(9-14)17-22-15(11-27-17)18(25)26-10-16(24)23-19(12-21)7-2-1-3-8-19/h4-6,9,11H,1-3,7-8,10H2,(H,23,24). The first-order chi connectivity index (χ1) is 13.0. The van der Waals surface area contributed by atoms with E-state index in [9.17, 15) is 14.9 Å². The minimum absolute atomic E-state index is 0.135. The summed E-state index contributed by atoms with van der Waals surface area (Å²) in [5, 5.41) is 14.9. The van der Waals surface area contributed by atoms with Gasteiger partial charge >= 0.3 is 5.97 Å². The zero-order valence-electron chi connectivity index (χ0n) is 14.5. The molecule has 3 rings (SSSR count). The third-order valence-electron chi connectivity index (χ3n) is 4.42. The largest absolute Gasteiger partial charge is 0.451 e. The van der Waals surface area contributed by atoms with E-state index in [-0.39, 0.29) is 5.69 Å². The Kier molecular flexibility index (Phi) is 6.09. The zero-order chi connectivity index (χ0) is 19.3. The fourth-order valence-electron chi connectivity index (χ4n) is 3.05. The first-order valence-corrected chi connectivity index (χ1v) is 9.88. The number of aromatic nitrogens is 1. The SMILES string of the molecule is N#CC1(NC(=O)COC(=O)c2csc(-c3cccc(Cl)c3)n2)CCCCC1. The lowest BCUT2D eigenvalue weighted by atomic mass is 9.83. The van der Waals surface area contributed by atoms with Crippen LogP contribution in [0.1, 0.15) is 42.6 Å². The minimum Gasteiger partial charge on any atom is -0.451 e. The normalized spacial score (nSPS) is 15.6. The van der Waals surface area contributed by atoms with Gasteiger partial charge in [-0.05, 0) is 25.0 Å². The van der Waals surface area contributed by atoms with Crippen molar-refractivity contribution in [2.45, 2.75) is 37.6 Å². The van der Waals surface area contributed by atoms with Crippen molar-refractivity contribution in [2.24, 2.45) is 0 Å². The lowest BCUT2D eigenvalue weighted by molar-refractivity contribution is -0.125. The van der Waals surface area contributed by atoms with Crippen LogP contribution in [-0.2, 0) is 9.53 Å². The van der Waals surface area contributed by atoms with E-state index in [2.05, 4.69) is 16.4 Å². The average molecular weight is 404 g/mol. The number of esters is 1. The lowest BCUT2D eigenvalue weighted by Crippen LogP contribution is -2.50. The Labute approximate surface area is 166 Å². The molecule has 1 amide bonds. The van der Waals surface area contributed by atoms with Gasteiger partial charge in [-0.3, -0.25) is 4.79 Å². The third-order valence-corrected chi connectivity index (χ3v) is 5.55. The molecule has 0 radical (unpaired) electrons. The Bertz CT molecular complexity index is 884. The average Bonchev–Trinajstić information content (AvgIpc) is 3.17. The number of carbonyl (C=O) groups excluding carboxylic acids is 2. The van der Waals surface area contributed by atoms with E-state index < -0.39 is 24.0 Å². The van der Waals surface area contributed by atoms with Crippen LogP contribution in [0.3, 0.4) is 0 Å². The van der Waals surface area contributed by atoms with Gasteiger partial charge in [0.15, 0.2) is 12.3 Å². The summed E-state index contributed by atoms with van der Waals surface area (Å²) in [6, 6.07) is 9.36. The summed E-state index contributed by atoms with van der Waals surface area (Å²) in [5.41, 5.74) is 0.0928. The molecule has 0 spiro atoms. The van der Waals surface area contributed by atoms with Gasteiger partial charge in [0.2, 0.25) is 0 Å². The highest BCUT2D eigenvalue weighted by atomic mass is 35.5. The summed E-state index contributed by atoms with van der Waals surface area (Å²) in [6.07, 6.45) is 4.11. The summed E-state index contributed by atoms with van der Waals surface area (Å²) in [6.45, 7) is -0.438. The molecule has 140 valence electrons. The van der Waals surface area contributed by atoms with Crippen LogP contribution in [0.4, 0.5) is 0 Å². The van der Waals surface area contributed by atoms with Gasteiger partial charge in [0.05, 0.1) is 6.07 Å². The molecule has 0 aliphatic heterocycles. The molecule has 1 aromatic heterocycles. The molecule has 1 heterocycles. The second kappa shape index (κ2) is 8.51. The maximum atomic E-state index is 12.2. The number of ether oxygens (including phenoxy) is 1. The molecular formula is C19H18ClN3O3S. The Hall–Kier alpha value is -2.43. The van der Waals surface area contributed by atoms with E-state index in [1.54, 1.807) is 23.6 Å². The molecule has 1 aliphatic carbocycles. The molecule has 1 saturated carbocycles. The summed E-state index contributed by atoms with van der Waals surface area (Å²) in [5.74, 6) is -1.15. The Morgan fingerprint density at radius 2 is 2.11 bits per heavy atom. The van der Waals surface area contributed by atoms with Crippen molar-refractivity contribution in [3.05, 3.63) is 40.4 Å². The monoisotopic (exact) mass is 403 g/mol. The van der Waals surface area contributed by atoms with Crippen molar-refractivity contribution < 1.29 is 14.3 Å². The second-order valence-corrected chi connectivity index (χ2v) is 7.72. The van der Waals surface area contributed by atoms with Crippen LogP contribution in [0.2, 0.25) is 5.02 Å². The maximum Gasteiger partial charge on any atom is 0.358 e. The number of nitrogens with zero attached hydrogens (tertiary/aromatic N) is 2. The van der Waals surface area contributed by atoms with Crippen molar-refractivity contribution >= 4 is 34.8 Å². The van der Waals surface area contributed by atoms with Gasteiger partial charge in [0, 0.05) is 16.0 Å². The van der Waals surface area contributed by atoms with E-state index in [0.717, 1.165) is 24.8 Å². The van der Waals surface area contributed by atoms with E-state index in [0.29, 0.717) is 22.9 Å². The molecule has 27 heavy (non-hydrogen) atoms. The highest BCUT2D eigenvalue weighted by Gasteiger charge is 2.33. The van der Waals surface area contributed by atoms with Crippen molar-refractivity contribution in [3.8, 4) is 16.6 Å². The Morgan fingerprint density at radius 1 is 1.33 bits per heavy atom. The van der Waals surface area contributed by atoms with Gasteiger partial charge < -0.3 is 10.1 Å². The van der Waals surface area contributed by atoms with Gasteiger partial charge in [0.1, 0.15) is 10.5 Å². The number of nitrogens with one attached hydrogen (secondary N) is 1. The molecule has 1 aromatic carbocycles. The summed E-state index contributed by atoms with van der Waals surface area (Å²) >= 11 is 7.26. The fourth-order valence-corrected chi connectivity index (χ4v) is 4.03. The van der Waals surface area contributed by atoms with Crippen LogP contribution in [0.25, 0.3) is 10.6 Å². The molecular weight excluding hydrogens is 386 g/mol. The topological polar surface area (TPSA) is 92.1 Å². The number of nitriles is 1. The number of rotatable bonds is 5. The number of hydrogen-bond donors (Lipinski definition) is 1. The minimum atomic E-state index is -0.845. The Balaban J connectivity index is 1.56. The van der Waals surface area contributed by atoms with Gasteiger partial charge in [-0.15, -0.1) is 11.3 Å². The number of thiazole rings is 1. The molecule has 0 bridgehead atoms. The van der Waals surface area contributed by atoms with Crippen molar-refractivity contribution in [2.75, 3.05) is 6.61 Å². The predicted octanol–water partition coefficient (Wildman–Crippen LogP) is 3.96. The van der Waals surface area contributed by atoms with Crippen LogP contribution >= 0.6 is 22.9 Å². The van der Waals surface area contributed by atoms with E-state index in [1.807, 2.05) is 6.07 Å². The molecule has 2 aromatic rings. The van der Waals surface area contributed by atoms with Crippen LogP contribution in [0.5, 0.6) is 0 Å². The molecule has 0 atom stereocenters. The molecule has 1 fully saturated rings. The Morgan fingerprint density at radius 3 is 2.81 bits per heavy atom. The summed E-state index contributed by atoms with van der Waals surface area (Å²) < 4.78 is 5.05. The highest BCUT2D eigenvalue weighted by Crippen LogP contribution is 2.28. The number of carbonyl (C=O) groups is 2. The van der Waals surface area contributed by atoms with E-state index in [1.165, 1.54) is 11.3 Å². The van der Waals surface area contributed by atoms with Gasteiger partial charge in [-0.2, -0.15) is 5.26 Å². The quantitative estimate of drug-likeness (QED) is 0.762. The van der Waals surface area contributed by atoms with Crippen molar-refractivity contribution in [1.29, 1.82) is 5.26 Å². The molecule has 1 N–H and O–H groups in total. The van der Waals surface area contributed by atoms with Gasteiger partial charge in [-0.25, -0.2) is 9.78 Å². The van der Waals surface area contributed by atoms with E-state index in [4.69, 9.17) is 16.3 Å². The van der Waals surface area contributed by atoms with Crippen LogP contribution in [0.15, 0.2) is 29.6 Å². The third kappa shape index (κ3) is 4.85. The van der Waals surface area contributed by atoms with Crippen molar-refractivity contribution in [1.82, 2.24) is 10.3 Å². The number of amides is 1. The first-order valence-electron chi connectivity index (χ1n) is 8.62.